The zero-order valence-electron chi connectivity index (χ0n) is 15.3. The summed E-state index contributed by atoms with van der Waals surface area (Å²) in [6.45, 7) is 0. The van der Waals surface area contributed by atoms with E-state index < -0.39 is 17.4 Å². The van der Waals surface area contributed by atoms with Crippen LogP contribution in [-0.2, 0) is 19.1 Å². The molecule has 2 aliphatic carbocycles. The summed E-state index contributed by atoms with van der Waals surface area (Å²) < 4.78 is 10.1. The maximum absolute atomic E-state index is 12.8. The SMILES string of the molecule is COC(=O)C1(C(=O)OC)CC2=Cc3ccccc3C2=C(c2ccccc2)C1. The van der Waals surface area contributed by atoms with Crippen molar-refractivity contribution < 1.29 is 19.1 Å². The highest BCUT2D eigenvalue weighted by Gasteiger charge is 2.53. The fraction of sp³-hybridized carbons (Fsp3) is 0.217. The first-order valence-corrected chi connectivity index (χ1v) is 8.86. The van der Waals surface area contributed by atoms with Gasteiger partial charge in [-0.1, -0.05) is 60.7 Å². The largest absolute Gasteiger partial charge is 0.468 e. The Kier molecular flexibility index (Phi) is 4.19. The highest BCUT2D eigenvalue weighted by molar-refractivity contribution is 6.13. The van der Waals surface area contributed by atoms with Gasteiger partial charge < -0.3 is 9.47 Å². The molecule has 0 N–H and O–H groups in total. The zero-order valence-corrected chi connectivity index (χ0v) is 15.3. The molecule has 136 valence electrons. The fourth-order valence-corrected chi connectivity index (χ4v) is 4.21. The molecular weight excluding hydrogens is 340 g/mol. The van der Waals surface area contributed by atoms with Crippen LogP contribution < -0.4 is 0 Å². The molecule has 0 bridgehead atoms. The molecule has 0 aliphatic heterocycles. The third-order valence-corrected chi connectivity index (χ3v) is 5.43. The minimum absolute atomic E-state index is 0.247. The number of ether oxygens (including phenoxy) is 2. The van der Waals surface area contributed by atoms with Crippen molar-refractivity contribution in [1.29, 1.82) is 0 Å². The molecule has 2 aromatic rings. The number of fused-ring (bicyclic) bond motifs is 3. The van der Waals surface area contributed by atoms with E-state index in [4.69, 9.17) is 9.47 Å². The Bertz CT molecular complexity index is 966. The highest BCUT2D eigenvalue weighted by atomic mass is 16.5. The van der Waals surface area contributed by atoms with Crippen LogP contribution in [0.15, 0.2) is 60.2 Å². The predicted octanol–water partition coefficient (Wildman–Crippen LogP) is 4.12. The van der Waals surface area contributed by atoms with Gasteiger partial charge in [-0.2, -0.15) is 0 Å². The standard InChI is InChI=1S/C23H20O4/c1-26-21(24)23(22(25)27-2)13-17-12-16-10-6-7-11-18(16)20(17)19(14-23)15-8-4-3-5-9-15/h3-12H,13-14H2,1-2H3. The first-order chi connectivity index (χ1) is 13.1. The lowest BCUT2D eigenvalue weighted by Crippen LogP contribution is -2.43. The summed E-state index contributed by atoms with van der Waals surface area (Å²) in [6, 6.07) is 18.0. The van der Waals surface area contributed by atoms with Gasteiger partial charge in [-0.3, -0.25) is 9.59 Å². The van der Waals surface area contributed by atoms with Crippen molar-refractivity contribution in [2.45, 2.75) is 12.8 Å². The Morgan fingerprint density at radius 1 is 0.852 bits per heavy atom. The van der Waals surface area contributed by atoms with E-state index >= 15 is 0 Å². The molecule has 0 fully saturated rings. The number of hydrogen-bond acceptors (Lipinski definition) is 4. The number of benzene rings is 2. The van der Waals surface area contributed by atoms with Crippen LogP contribution in [0.1, 0.15) is 29.5 Å². The summed E-state index contributed by atoms with van der Waals surface area (Å²) in [5, 5.41) is 0. The third kappa shape index (κ3) is 2.60. The Labute approximate surface area is 158 Å². The van der Waals surface area contributed by atoms with Crippen molar-refractivity contribution in [2.24, 2.45) is 5.41 Å². The molecule has 4 rings (SSSR count). The molecule has 4 nitrogen and oxygen atoms in total. The third-order valence-electron chi connectivity index (χ3n) is 5.43. The van der Waals surface area contributed by atoms with Crippen LogP contribution >= 0.6 is 0 Å². The van der Waals surface area contributed by atoms with E-state index in [9.17, 15) is 9.59 Å². The van der Waals surface area contributed by atoms with Gasteiger partial charge in [0.2, 0.25) is 0 Å². The van der Waals surface area contributed by atoms with E-state index in [2.05, 4.69) is 12.1 Å². The van der Waals surface area contributed by atoms with E-state index in [1.807, 2.05) is 48.5 Å². The lowest BCUT2D eigenvalue weighted by atomic mass is 9.68. The Balaban J connectivity index is 1.98. The van der Waals surface area contributed by atoms with Crippen LogP contribution in [0.2, 0.25) is 0 Å². The van der Waals surface area contributed by atoms with Crippen molar-refractivity contribution >= 4 is 29.2 Å². The Morgan fingerprint density at radius 2 is 1.48 bits per heavy atom. The molecule has 0 amide bonds. The van der Waals surface area contributed by atoms with Gasteiger partial charge in [-0.25, -0.2) is 0 Å². The molecule has 0 aromatic heterocycles. The van der Waals surface area contributed by atoms with Crippen molar-refractivity contribution in [1.82, 2.24) is 0 Å². The molecule has 0 heterocycles. The van der Waals surface area contributed by atoms with Crippen molar-refractivity contribution in [3.8, 4) is 0 Å². The van der Waals surface area contributed by atoms with E-state index in [-0.39, 0.29) is 12.8 Å². The molecule has 27 heavy (non-hydrogen) atoms. The maximum atomic E-state index is 12.8. The minimum Gasteiger partial charge on any atom is -0.468 e. The van der Waals surface area contributed by atoms with Crippen LogP contribution in [0, 0.1) is 5.41 Å². The normalized spacial score (nSPS) is 16.9. The van der Waals surface area contributed by atoms with Crippen molar-refractivity contribution in [3.63, 3.8) is 0 Å². The van der Waals surface area contributed by atoms with Gasteiger partial charge >= 0.3 is 11.9 Å². The van der Waals surface area contributed by atoms with E-state index in [1.165, 1.54) is 14.2 Å². The van der Waals surface area contributed by atoms with Crippen LogP contribution in [0.4, 0.5) is 0 Å². The van der Waals surface area contributed by atoms with Gasteiger partial charge in [0, 0.05) is 12.8 Å². The van der Waals surface area contributed by atoms with Crippen LogP contribution in [0.5, 0.6) is 0 Å². The lowest BCUT2D eigenvalue weighted by molar-refractivity contribution is -0.168. The number of methoxy groups -OCH3 is 2. The molecule has 0 saturated heterocycles. The topological polar surface area (TPSA) is 52.6 Å². The monoisotopic (exact) mass is 360 g/mol. The summed E-state index contributed by atoms with van der Waals surface area (Å²) in [4.78, 5) is 25.5. The van der Waals surface area contributed by atoms with Crippen LogP contribution in [-0.4, -0.2) is 26.2 Å². The number of hydrogen-bond donors (Lipinski definition) is 0. The van der Waals surface area contributed by atoms with Crippen LogP contribution in [0.25, 0.3) is 17.2 Å². The number of carbonyl (C=O) groups excluding carboxylic acids is 2. The Hall–Kier alpha value is -3.14. The molecule has 0 atom stereocenters. The number of rotatable bonds is 3. The quantitative estimate of drug-likeness (QED) is 0.610. The van der Waals surface area contributed by atoms with E-state index in [0.717, 1.165) is 33.4 Å². The first-order valence-electron chi connectivity index (χ1n) is 8.86. The van der Waals surface area contributed by atoms with Crippen LogP contribution in [0.3, 0.4) is 0 Å². The lowest BCUT2D eigenvalue weighted by Gasteiger charge is -2.35. The summed E-state index contributed by atoms with van der Waals surface area (Å²) >= 11 is 0. The second-order valence-electron chi connectivity index (χ2n) is 6.90. The Morgan fingerprint density at radius 3 is 2.15 bits per heavy atom. The molecule has 0 saturated carbocycles. The van der Waals surface area contributed by atoms with Gasteiger partial charge in [-0.15, -0.1) is 0 Å². The van der Waals surface area contributed by atoms with Gasteiger partial charge in [0.25, 0.3) is 0 Å². The fourth-order valence-electron chi connectivity index (χ4n) is 4.21. The summed E-state index contributed by atoms with van der Waals surface area (Å²) in [7, 11) is 2.62. The predicted molar refractivity (Wildman–Crippen MR) is 103 cm³/mol. The maximum Gasteiger partial charge on any atom is 0.323 e. The average Bonchev–Trinajstić information content (AvgIpc) is 3.10. The summed E-state index contributed by atoms with van der Waals surface area (Å²) in [5.41, 5.74) is 4.90. The van der Waals surface area contributed by atoms with Gasteiger partial charge in [-0.05, 0) is 33.4 Å². The molecule has 2 aromatic carbocycles. The first kappa shape index (κ1) is 17.3. The molecule has 0 spiro atoms. The average molecular weight is 360 g/mol. The van der Waals surface area contributed by atoms with Gasteiger partial charge in [0.1, 0.15) is 0 Å². The molecular formula is C23H20O4. The second kappa shape index (κ2) is 6.54. The summed E-state index contributed by atoms with van der Waals surface area (Å²) in [5.74, 6) is -1.11. The molecule has 0 unspecified atom stereocenters. The van der Waals surface area contributed by atoms with Gasteiger partial charge in [0.05, 0.1) is 14.2 Å². The van der Waals surface area contributed by atoms with E-state index in [1.54, 1.807) is 0 Å². The number of esters is 2. The molecule has 0 radical (unpaired) electrons. The van der Waals surface area contributed by atoms with Crippen molar-refractivity contribution in [3.05, 3.63) is 76.9 Å². The minimum atomic E-state index is -1.37. The number of carbonyl (C=O) groups is 2. The summed E-state index contributed by atoms with van der Waals surface area (Å²) in [6.07, 6.45) is 2.58. The number of allylic oxidation sites excluding steroid dienone is 3. The van der Waals surface area contributed by atoms with Gasteiger partial charge in [0.15, 0.2) is 5.41 Å². The molecule has 2 aliphatic rings. The molecule has 4 heteroatoms. The second-order valence-corrected chi connectivity index (χ2v) is 6.90. The smallest absolute Gasteiger partial charge is 0.323 e. The highest BCUT2D eigenvalue weighted by Crippen LogP contribution is 2.54. The van der Waals surface area contributed by atoms with Crippen molar-refractivity contribution in [2.75, 3.05) is 14.2 Å². The zero-order chi connectivity index (χ0) is 19.0. The van der Waals surface area contributed by atoms with E-state index in [0.29, 0.717) is 0 Å².